The maximum atomic E-state index is 5.96. The number of amidine groups is 1. The van der Waals surface area contributed by atoms with Crippen LogP contribution in [-0.2, 0) is 0 Å². The fourth-order valence-corrected chi connectivity index (χ4v) is 1.93. The predicted octanol–water partition coefficient (Wildman–Crippen LogP) is 1.57. The number of hydrogen-bond acceptors (Lipinski definition) is 4. The van der Waals surface area contributed by atoms with Crippen molar-refractivity contribution < 1.29 is 0 Å². The second kappa shape index (κ2) is 7.35. The molecule has 1 aromatic rings. The minimum atomic E-state index is 0.00375. The van der Waals surface area contributed by atoms with E-state index in [-0.39, 0.29) is 6.04 Å². The zero-order valence-electron chi connectivity index (χ0n) is 10.7. The van der Waals surface area contributed by atoms with E-state index >= 15 is 0 Å². The van der Waals surface area contributed by atoms with Crippen LogP contribution in [0.5, 0.6) is 0 Å². The molecule has 0 saturated carbocycles. The fourth-order valence-electron chi connectivity index (χ4n) is 1.67. The van der Waals surface area contributed by atoms with Crippen molar-refractivity contribution in [2.45, 2.75) is 19.4 Å². The quantitative estimate of drug-likeness (QED) is 0.322. The van der Waals surface area contributed by atoms with E-state index in [2.05, 4.69) is 26.3 Å². The average Bonchev–Trinajstić information content (AvgIpc) is 2.31. The number of hydrazone groups is 1. The van der Waals surface area contributed by atoms with Crippen LogP contribution in [0.4, 0.5) is 0 Å². The summed E-state index contributed by atoms with van der Waals surface area (Å²) in [4.78, 5) is 0. The first kappa shape index (κ1) is 14.9. The molecule has 1 rings (SSSR count). The molecule has 100 valence electrons. The Kier molecular flexibility index (Phi) is 6.11. The van der Waals surface area contributed by atoms with Gasteiger partial charge in [0.1, 0.15) is 5.84 Å². The number of hydrazine groups is 1. The van der Waals surface area contributed by atoms with Gasteiger partial charge < -0.3 is 11.1 Å². The minimum Gasteiger partial charge on any atom is -0.386 e. The van der Waals surface area contributed by atoms with Crippen molar-refractivity contribution in [3.05, 3.63) is 34.3 Å². The molecule has 1 atom stereocenters. The lowest BCUT2D eigenvalue weighted by Crippen LogP contribution is -2.34. The third-order valence-corrected chi connectivity index (χ3v) is 3.04. The summed E-state index contributed by atoms with van der Waals surface area (Å²) in [5, 5.41) is 8.64. The summed E-state index contributed by atoms with van der Waals surface area (Å²) >= 11 is 3.42. The van der Waals surface area contributed by atoms with Crippen LogP contribution in [0.25, 0.3) is 0 Å². The molecule has 0 spiro atoms. The van der Waals surface area contributed by atoms with Crippen molar-refractivity contribution in [3.8, 4) is 0 Å². The first-order valence-corrected chi connectivity index (χ1v) is 6.58. The molecule has 18 heavy (non-hydrogen) atoms. The number of halogens is 1. The molecule has 0 fully saturated rings. The van der Waals surface area contributed by atoms with Crippen LogP contribution >= 0.6 is 15.9 Å². The molecule has 1 aromatic carbocycles. The highest BCUT2D eigenvalue weighted by molar-refractivity contribution is 9.10. The van der Waals surface area contributed by atoms with Crippen LogP contribution in [0.3, 0.4) is 0 Å². The number of benzene rings is 1. The zero-order chi connectivity index (χ0) is 13.5. The van der Waals surface area contributed by atoms with Gasteiger partial charge in [0, 0.05) is 4.47 Å². The molecule has 0 heterocycles. The van der Waals surface area contributed by atoms with Gasteiger partial charge >= 0.3 is 0 Å². The van der Waals surface area contributed by atoms with Crippen molar-refractivity contribution in [2.75, 3.05) is 13.6 Å². The van der Waals surface area contributed by atoms with Gasteiger partial charge in [0.25, 0.3) is 0 Å². The van der Waals surface area contributed by atoms with Crippen molar-refractivity contribution in [2.24, 2.45) is 16.7 Å². The lowest BCUT2D eigenvalue weighted by Gasteiger charge is -2.25. The molecule has 0 bridgehead atoms. The van der Waals surface area contributed by atoms with Crippen molar-refractivity contribution in [1.82, 2.24) is 10.4 Å². The van der Waals surface area contributed by atoms with Gasteiger partial charge in [-0.15, -0.1) is 5.10 Å². The van der Waals surface area contributed by atoms with Gasteiger partial charge in [-0.1, -0.05) is 28.1 Å². The van der Waals surface area contributed by atoms with Crippen LogP contribution in [0.15, 0.2) is 33.8 Å². The van der Waals surface area contributed by atoms with Gasteiger partial charge in [-0.25, -0.2) is 11.0 Å². The normalized spacial score (nSPS) is 13.4. The third kappa shape index (κ3) is 4.64. The molecule has 0 saturated heterocycles. The SMILES string of the molecule is CNCCC(c1ccc(Br)cc1)N(N)/N=C(/C)N. The second-order valence-corrected chi connectivity index (χ2v) is 5.00. The Morgan fingerprint density at radius 3 is 2.56 bits per heavy atom. The number of hydrogen-bond donors (Lipinski definition) is 3. The summed E-state index contributed by atoms with van der Waals surface area (Å²) in [5.74, 6) is 6.40. The molecule has 5 N–H and O–H groups in total. The Morgan fingerprint density at radius 1 is 1.44 bits per heavy atom. The summed E-state index contributed by atoms with van der Waals surface area (Å²) in [5.41, 5.74) is 6.68. The maximum absolute atomic E-state index is 5.96. The van der Waals surface area contributed by atoms with Crippen LogP contribution in [0.2, 0.25) is 0 Å². The number of nitrogens with two attached hydrogens (primary N) is 2. The molecule has 0 aromatic heterocycles. The van der Waals surface area contributed by atoms with E-state index in [1.165, 1.54) is 5.12 Å². The van der Waals surface area contributed by atoms with Gasteiger partial charge in [0.2, 0.25) is 0 Å². The molecule has 1 unspecified atom stereocenters. The topological polar surface area (TPSA) is 79.7 Å². The molecule has 0 radical (unpaired) electrons. The zero-order valence-corrected chi connectivity index (χ0v) is 12.3. The third-order valence-electron chi connectivity index (χ3n) is 2.52. The van der Waals surface area contributed by atoms with E-state index in [4.69, 9.17) is 11.6 Å². The van der Waals surface area contributed by atoms with E-state index in [1.807, 2.05) is 31.3 Å². The smallest absolute Gasteiger partial charge is 0.118 e. The van der Waals surface area contributed by atoms with E-state index < -0.39 is 0 Å². The van der Waals surface area contributed by atoms with E-state index in [9.17, 15) is 0 Å². The Labute approximate surface area is 116 Å². The highest BCUT2D eigenvalue weighted by atomic mass is 79.9. The van der Waals surface area contributed by atoms with Crippen LogP contribution in [0.1, 0.15) is 24.9 Å². The molecule has 0 aliphatic rings. The van der Waals surface area contributed by atoms with Crippen LogP contribution in [-0.4, -0.2) is 24.5 Å². The standard InChI is InChI=1S/C12H20BrN5/c1-9(14)17-18(15)12(7-8-16-2)10-3-5-11(13)6-4-10/h3-6,12,16H,7-8,15H2,1-2H3,(H2,14,17). The molecule has 0 aliphatic heterocycles. The Morgan fingerprint density at radius 2 is 2.06 bits per heavy atom. The number of nitrogens with one attached hydrogen (secondary N) is 1. The molecule has 0 aliphatic carbocycles. The Hall–Kier alpha value is -1.11. The van der Waals surface area contributed by atoms with Crippen LogP contribution < -0.4 is 16.9 Å². The van der Waals surface area contributed by atoms with Gasteiger partial charge in [-0.2, -0.15) is 0 Å². The second-order valence-electron chi connectivity index (χ2n) is 4.08. The average molecular weight is 314 g/mol. The monoisotopic (exact) mass is 313 g/mol. The summed E-state index contributed by atoms with van der Waals surface area (Å²) < 4.78 is 1.04. The van der Waals surface area contributed by atoms with Crippen molar-refractivity contribution in [1.29, 1.82) is 0 Å². The van der Waals surface area contributed by atoms with E-state index in [1.54, 1.807) is 6.92 Å². The lowest BCUT2D eigenvalue weighted by molar-refractivity contribution is 0.200. The summed E-state index contributed by atoms with van der Waals surface area (Å²) in [6.45, 7) is 2.57. The first-order valence-electron chi connectivity index (χ1n) is 5.79. The van der Waals surface area contributed by atoms with Gasteiger partial charge in [0.15, 0.2) is 0 Å². The Balaban J connectivity index is 2.89. The largest absolute Gasteiger partial charge is 0.386 e. The van der Waals surface area contributed by atoms with E-state index in [0.29, 0.717) is 5.84 Å². The highest BCUT2D eigenvalue weighted by Gasteiger charge is 2.16. The maximum Gasteiger partial charge on any atom is 0.118 e. The minimum absolute atomic E-state index is 0.00375. The number of rotatable bonds is 6. The molecule has 0 amide bonds. The van der Waals surface area contributed by atoms with Gasteiger partial charge in [-0.05, 0) is 44.6 Å². The van der Waals surface area contributed by atoms with Gasteiger partial charge in [-0.3, -0.25) is 0 Å². The van der Waals surface area contributed by atoms with Crippen molar-refractivity contribution in [3.63, 3.8) is 0 Å². The molecular formula is C12H20BrN5. The summed E-state index contributed by atoms with van der Waals surface area (Å²) in [7, 11) is 1.91. The Bertz CT molecular complexity index is 386. The van der Waals surface area contributed by atoms with E-state index in [0.717, 1.165) is 23.0 Å². The first-order chi connectivity index (χ1) is 8.54. The summed E-state index contributed by atoms with van der Waals surface area (Å²) in [6, 6.07) is 8.06. The lowest BCUT2D eigenvalue weighted by atomic mass is 10.0. The fraction of sp³-hybridized carbons (Fsp3) is 0.417. The number of nitrogens with zero attached hydrogens (tertiary/aromatic N) is 2. The van der Waals surface area contributed by atoms with Gasteiger partial charge in [0.05, 0.1) is 6.04 Å². The van der Waals surface area contributed by atoms with Crippen LogP contribution in [0, 0.1) is 0 Å². The predicted molar refractivity (Wildman–Crippen MR) is 78.7 cm³/mol. The highest BCUT2D eigenvalue weighted by Crippen LogP contribution is 2.23. The molecule has 6 heteroatoms. The molecular weight excluding hydrogens is 294 g/mol. The molecule has 5 nitrogen and oxygen atoms in total. The van der Waals surface area contributed by atoms with Crippen molar-refractivity contribution >= 4 is 21.8 Å². The summed E-state index contributed by atoms with van der Waals surface area (Å²) in [6.07, 6.45) is 0.853.